The molecule has 0 fully saturated rings. The molecule has 5 nitrogen and oxygen atoms in total. The van der Waals surface area contributed by atoms with E-state index in [1.54, 1.807) is 24.3 Å². The van der Waals surface area contributed by atoms with Crippen molar-refractivity contribution in [3.63, 3.8) is 0 Å². The Morgan fingerprint density at radius 3 is 2.86 bits per heavy atom. The van der Waals surface area contributed by atoms with Gasteiger partial charge in [-0.1, -0.05) is 29.3 Å². The zero-order valence-corrected chi connectivity index (χ0v) is 12.3. The van der Waals surface area contributed by atoms with Crippen molar-refractivity contribution in [3.8, 4) is 5.75 Å². The Hall–Kier alpha value is -2.05. The van der Waals surface area contributed by atoms with Crippen molar-refractivity contribution in [3.05, 3.63) is 52.0 Å². The molecule has 8 heteroatoms. The fraction of sp³-hybridized carbons (Fsp3) is 0.0769. The average Bonchev–Trinajstić information content (AvgIpc) is 2.50. The summed E-state index contributed by atoms with van der Waals surface area (Å²) in [6.45, 7) is 0. The van der Waals surface area contributed by atoms with Gasteiger partial charge in [-0.15, -0.1) is 0 Å². The second-order valence-electron chi connectivity index (χ2n) is 3.90. The predicted octanol–water partition coefficient (Wildman–Crippen LogP) is 3.29. The Balaban J connectivity index is 2.10. The van der Waals surface area contributed by atoms with Crippen molar-refractivity contribution in [1.82, 2.24) is 10.4 Å². The van der Waals surface area contributed by atoms with Crippen LogP contribution in [0.4, 0.5) is 10.1 Å². The smallest absolute Gasteiger partial charge is 0.272 e. The summed E-state index contributed by atoms with van der Waals surface area (Å²) >= 11 is 11.2. The van der Waals surface area contributed by atoms with E-state index in [1.165, 1.54) is 7.11 Å². The lowest BCUT2D eigenvalue weighted by atomic mass is 10.2. The summed E-state index contributed by atoms with van der Waals surface area (Å²) in [6.07, 6.45) is 1.09. The summed E-state index contributed by atoms with van der Waals surface area (Å²) in [6, 6.07) is 6.87. The lowest BCUT2D eigenvalue weighted by Crippen LogP contribution is -2.29. The molecule has 0 saturated heterocycles. The van der Waals surface area contributed by atoms with Gasteiger partial charge in [-0.2, -0.15) is 0 Å². The van der Waals surface area contributed by atoms with Crippen LogP contribution in [0.2, 0.25) is 10.2 Å². The summed E-state index contributed by atoms with van der Waals surface area (Å²) in [5.74, 6) is -0.968. The molecule has 0 atom stereocenters. The number of hydrazine groups is 1. The molecule has 0 aliphatic rings. The summed E-state index contributed by atoms with van der Waals surface area (Å²) in [5.41, 5.74) is 5.49. The van der Waals surface area contributed by atoms with Crippen molar-refractivity contribution < 1.29 is 13.9 Å². The maximum absolute atomic E-state index is 13.5. The molecular formula is C13H10Cl2FN3O2. The number of anilines is 1. The number of hydrogen-bond donors (Lipinski definition) is 2. The van der Waals surface area contributed by atoms with Gasteiger partial charge >= 0.3 is 0 Å². The van der Waals surface area contributed by atoms with Gasteiger partial charge < -0.3 is 4.74 Å². The summed E-state index contributed by atoms with van der Waals surface area (Å²) in [5, 5.41) is -0.780. The Kier molecular flexibility index (Phi) is 4.82. The molecule has 0 unspecified atom stereocenters. The standard InChI is InChI=1S/C13H10Cl2FN3O2/c1-21-8-4-2-3-7(5-8)18-19-13(20)9-6-17-12(15)11(16)10(9)14/h2-6,18H,1H3,(H,19,20). The van der Waals surface area contributed by atoms with Crippen molar-refractivity contribution in [2.45, 2.75) is 0 Å². The molecule has 2 aromatic rings. The molecule has 1 aromatic heterocycles. The molecule has 0 saturated carbocycles. The van der Waals surface area contributed by atoms with Crippen LogP contribution in [0, 0.1) is 5.82 Å². The Morgan fingerprint density at radius 1 is 1.38 bits per heavy atom. The molecule has 1 heterocycles. The largest absolute Gasteiger partial charge is 0.497 e. The quantitative estimate of drug-likeness (QED) is 0.667. The SMILES string of the molecule is COc1cccc(NNC(=O)c2cnc(Cl)c(F)c2Cl)c1. The van der Waals surface area contributed by atoms with Gasteiger partial charge in [0.05, 0.1) is 23.4 Å². The number of pyridine rings is 1. The number of methoxy groups -OCH3 is 1. The van der Waals surface area contributed by atoms with E-state index < -0.39 is 16.9 Å². The number of nitrogens with zero attached hydrogens (tertiary/aromatic N) is 1. The zero-order chi connectivity index (χ0) is 15.4. The van der Waals surface area contributed by atoms with Gasteiger partial charge in [0.25, 0.3) is 5.91 Å². The molecule has 0 spiro atoms. The number of amides is 1. The molecule has 0 radical (unpaired) electrons. The average molecular weight is 330 g/mol. The Bertz CT molecular complexity index is 682. The van der Waals surface area contributed by atoms with Crippen LogP contribution in [-0.4, -0.2) is 18.0 Å². The zero-order valence-electron chi connectivity index (χ0n) is 10.8. The van der Waals surface area contributed by atoms with E-state index in [2.05, 4.69) is 15.8 Å². The Morgan fingerprint density at radius 2 is 2.14 bits per heavy atom. The van der Waals surface area contributed by atoms with E-state index in [1.807, 2.05) is 0 Å². The molecule has 0 aliphatic carbocycles. The number of nitrogens with one attached hydrogen (secondary N) is 2. The molecule has 110 valence electrons. The monoisotopic (exact) mass is 329 g/mol. The Labute approximate surface area is 130 Å². The minimum Gasteiger partial charge on any atom is -0.497 e. The van der Waals surface area contributed by atoms with Crippen LogP contribution in [0.1, 0.15) is 10.4 Å². The first-order valence-corrected chi connectivity index (χ1v) is 6.48. The number of halogens is 3. The normalized spacial score (nSPS) is 10.1. The van der Waals surface area contributed by atoms with E-state index in [0.717, 1.165) is 6.20 Å². The highest BCUT2D eigenvalue weighted by atomic mass is 35.5. The van der Waals surface area contributed by atoms with Crippen LogP contribution >= 0.6 is 23.2 Å². The summed E-state index contributed by atoms with van der Waals surface area (Å²) < 4.78 is 18.5. The van der Waals surface area contributed by atoms with E-state index in [0.29, 0.717) is 11.4 Å². The first-order chi connectivity index (χ1) is 10.0. The number of hydrogen-bond acceptors (Lipinski definition) is 4. The first kappa shape index (κ1) is 15.3. The van der Waals surface area contributed by atoms with Crippen molar-refractivity contribution in [2.24, 2.45) is 0 Å². The van der Waals surface area contributed by atoms with Crippen molar-refractivity contribution in [2.75, 3.05) is 12.5 Å². The highest BCUT2D eigenvalue weighted by Gasteiger charge is 2.17. The minimum absolute atomic E-state index is 0.131. The van der Waals surface area contributed by atoms with Crippen LogP contribution in [0.3, 0.4) is 0 Å². The number of rotatable bonds is 4. The highest BCUT2D eigenvalue weighted by Crippen LogP contribution is 2.24. The van der Waals surface area contributed by atoms with Gasteiger partial charge in [-0.25, -0.2) is 9.37 Å². The van der Waals surface area contributed by atoms with E-state index in [9.17, 15) is 9.18 Å². The molecule has 2 N–H and O–H groups in total. The first-order valence-electron chi connectivity index (χ1n) is 5.73. The number of benzene rings is 1. The maximum atomic E-state index is 13.5. The fourth-order valence-corrected chi connectivity index (χ4v) is 1.91. The van der Waals surface area contributed by atoms with E-state index in [4.69, 9.17) is 27.9 Å². The van der Waals surface area contributed by atoms with Crippen LogP contribution in [-0.2, 0) is 0 Å². The van der Waals surface area contributed by atoms with Crippen LogP contribution in [0.15, 0.2) is 30.5 Å². The van der Waals surface area contributed by atoms with Gasteiger partial charge in [-0.05, 0) is 12.1 Å². The molecule has 2 rings (SSSR count). The lowest BCUT2D eigenvalue weighted by Gasteiger charge is -2.10. The fourth-order valence-electron chi connectivity index (χ4n) is 1.50. The second-order valence-corrected chi connectivity index (χ2v) is 4.64. The summed E-state index contributed by atoms with van der Waals surface area (Å²) in [7, 11) is 1.53. The van der Waals surface area contributed by atoms with Crippen molar-refractivity contribution in [1.29, 1.82) is 0 Å². The second kappa shape index (κ2) is 6.60. The number of ether oxygens (including phenoxy) is 1. The van der Waals surface area contributed by atoms with Crippen LogP contribution in [0.5, 0.6) is 5.75 Å². The maximum Gasteiger partial charge on any atom is 0.272 e. The molecular weight excluding hydrogens is 320 g/mol. The number of aromatic nitrogens is 1. The van der Waals surface area contributed by atoms with E-state index >= 15 is 0 Å². The predicted molar refractivity (Wildman–Crippen MR) is 78.3 cm³/mol. The van der Waals surface area contributed by atoms with Gasteiger partial charge in [-0.3, -0.25) is 15.6 Å². The third-order valence-electron chi connectivity index (χ3n) is 2.55. The van der Waals surface area contributed by atoms with Gasteiger partial charge in [0.2, 0.25) is 0 Å². The van der Waals surface area contributed by atoms with Gasteiger partial charge in [0.1, 0.15) is 5.75 Å². The summed E-state index contributed by atoms with van der Waals surface area (Å²) in [4.78, 5) is 15.5. The van der Waals surface area contributed by atoms with Gasteiger partial charge in [0, 0.05) is 12.3 Å². The van der Waals surface area contributed by atoms with Gasteiger partial charge in [0.15, 0.2) is 11.0 Å². The van der Waals surface area contributed by atoms with Crippen LogP contribution < -0.4 is 15.6 Å². The van der Waals surface area contributed by atoms with Crippen LogP contribution in [0.25, 0.3) is 0 Å². The number of carbonyl (C=O) groups is 1. The third kappa shape index (κ3) is 3.53. The van der Waals surface area contributed by atoms with E-state index in [-0.39, 0.29) is 10.6 Å². The lowest BCUT2D eigenvalue weighted by molar-refractivity contribution is 0.0962. The van der Waals surface area contributed by atoms with Crippen molar-refractivity contribution >= 4 is 34.8 Å². The molecule has 1 aromatic carbocycles. The number of carbonyl (C=O) groups excluding carboxylic acids is 1. The minimum atomic E-state index is -0.938. The molecule has 21 heavy (non-hydrogen) atoms. The highest BCUT2D eigenvalue weighted by molar-refractivity contribution is 6.36. The molecule has 1 amide bonds. The molecule has 0 bridgehead atoms. The topological polar surface area (TPSA) is 63.2 Å². The molecule has 0 aliphatic heterocycles. The third-order valence-corrected chi connectivity index (χ3v) is 3.19.